The van der Waals surface area contributed by atoms with Crippen molar-refractivity contribution >= 4 is 17.7 Å². The number of rotatable bonds is 8. The van der Waals surface area contributed by atoms with E-state index < -0.39 is 0 Å². The molecule has 2 aromatic carbocycles. The largest absolute Gasteiger partial charge is 0.497 e. The molecule has 0 spiro atoms. The maximum Gasteiger partial charge on any atom is 0.262 e. The minimum Gasteiger partial charge on any atom is -0.497 e. The Morgan fingerprint density at radius 3 is 2.38 bits per heavy atom. The SMILES string of the molecule is C/C=C/c1ccc(OCC(=O)Nc2ccc(OC)cc2OC)c(OC)c1. The van der Waals surface area contributed by atoms with Crippen molar-refractivity contribution in [2.45, 2.75) is 6.92 Å². The number of allylic oxidation sites excluding steroid dienone is 1. The lowest BCUT2D eigenvalue weighted by atomic mass is 10.2. The van der Waals surface area contributed by atoms with Gasteiger partial charge in [0, 0.05) is 6.07 Å². The molecule has 0 aliphatic rings. The molecule has 0 aromatic heterocycles. The van der Waals surface area contributed by atoms with E-state index in [1.54, 1.807) is 38.5 Å². The van der Waals surface area contributed by atoms with Gasteiger partial charge in [-0.2, -0.15) is 0 Å². The van der Waals surface area contributed by atoms with Gasteiger partial charge in [0.05, 0.1) is 27.0 Å². The zero-order valence-electron chi connectivity index (χ0n) is 15.4. The molecule has 0 fully saturated rings. The van der Waals surface area contributed by atoms with Crippen molar-refractivity contribution in [2.24, 2.45) is 0 Å². The van der Waals surface area contributed by atoms with Gasteiger partial charge in [-0.15, -0.1) is 0 Å². The molecule has 26 heavy (non-hydrogen) atoms. The summed E-state index contributed by atoms with van der Waals surface area (Å²) < 4.78 is 21.3. The number of benzene rings is 2. The predicted molar refractivity (Wildman–Crippen MR) is 101 cm³/mol. The van der Waals surface area contributed by atoms with Gasteiger partial charge in [-0.3, -0.25) is 4.79 Å². The highest BCUT2D eigenvalue weighted by Crippen LogP contribution is 2.30. The highest BCUT2D eigenvalue weighted by Gasteiger charge is 2.11. The number of anilines is 1. The number of methoxy groups -OCH3 is 3. The van der Waals surface area contributed by atoms with Crippen molar-refractivity contribution in [1.82, 2.24) is 0 Å². The number of amides is 1. The third-order valence-electron chi connectivity index (χ3n) is 3.59. The van der Waals surface area contributed by atoms with Crippen LogP contribution >= 0.6 is 0 Å². The smallest absolute Gasteiger partial charge is 0.262 e. The summed E-state index contributed by atoms with van der Waals surface area (Å²) in [7, 11) is 4.65. The monoisotopic (exact) mass is 357 g/mol. The Bertz CT molecular complexity index is 786. The number of carbonyl (C=O) groups is 1. The second-order valence-corrected chi connectivity index (χ2v) is 5.31. The first-order valence-electron chi connectivity index (χ1n) is 8.06. The average Bonchev–Trinajstić information content (AvgIpc) is 2.67. The molecule has 0 unspecified atom stereocenters. The maximum absolute atomic E-state index is 12.2. The van der Waals surface area contributed by atoms with Crippen LogP contribution in [0.4, 0.5) is 5.69 Å². The van der Waals surface area contributed by atoms with Crippen molar-refractivity contribution in [3.8, 4) is 23.0 Å². The predicted octanol–water partition coefficient (Wildman–Crippen LogP) is 3.76. The highest BCUT2D eigenvalue weighted by atomic mass is 16.5. The molecule has 1 amide bonds. The van der Waals surface area contributed by atoms with E-state index in [9.17, 15) is 4.79 Å². The Balaban J connectivity index is 2.03. The second-order valence-electron chi connectivity index (χ2n) is 5.31. The van der Waals surface area contributed by atoms with E-state index in [0.717, 1.165) is 5.56 Å². The maximum atomic E-state index is 12.2. The molecule has 1 N–H and O–H groups in total. The summed E-state index contributed by atoms with van der Waals surface area (Å²) in [6, 6.07) is 10.7. The van der Waals surface area contributed by atoms with Gasteiger partial charge in [0.15, 0.2) is 18.1 Å². The first-order valence-corrected chi connectivity index (χ1v) is 8.06. The molecule has 0 atom stereocenters. The fraction of sp³-hybridized carbons (Fsp3) is 0.250. The molecule has 0 heterocycles. The van der Waals surface area contributed by atoms with Crippen LogP contribution in [-0.4, -0.2) is 33.8 Å². The van der Waals surface area contributed by atoms with Crippen molar-refractivity contribution in [1.29, 1.82) is 0 Å². The molecule has 0 bridgehead atoms. The van der Waals surface area contributed by atoms with Crippen LogP contribution in [0.3, 0.4) is 0 Å². The highest BCUT2D eigenvalue weighted by molar-refractivity contribution is 5.93. The van der Waals surface area contributed by atoms with Gasteiger partial charge in [0.1, 0.15) is 11.5 Å². The van der Waals surface area contributed by atoms with Crippen molar-refractivity contribution in [3.05, 3.63) is 48.0 Å². The Morgan fingerprint density at radius 2 is 1.73 bits per heavy atom. The Kier molecular flexibility index (Phi) is 6.91. The number of nitrogens with one attached hydrogen (secondary N) is 1. The molecule has 0 radical (unpaired) electrons. The lowest BCUT2D eigenvalue weighted by Gasteiger charge is -2.13. The average molecular weight is 357 g/mol. The molecule has 0 saturated heterocycles. The summed E-state index contributed by atoms with van der Waals surface area (Å²) in [6.45, 7) is 1.78. The Morgan fingerprint density at radius 1 is 0.962 bits per heavy atom. The molecule has 6 nitrogen and oxygen atoms in total. The molecular weight excluding hydrogens is 334 g/mol. The van der Waals surface area contributed by atoms with Crippen LogP contribution in [0, 0.1) is 0 Å². The van der Waals surface area contributed by atoms with Crippen LogP contribution in [0.2, 0.25) is 0 Å². The van der Waals surface area contributed by atoms with Gasteiger partial charge in [0.2, 0.25) is 0 Å². The van der Waals surface area contributed by atoms with E-state index >= 15 is 0 Å². The third-order valence-corrected chi connectivity index (χ3v) is 3.59. The summed E-state index contributed by atoms with van der Waals surface area (Å²) in [5, 5.41) is 2.76. The fourth-order valence-corrected chi connectivity index (χ4v) is 2.33. The lowest BCUT2D eigenvalue weighted by molar-refractivity contribution is -0.118. The Hall–Kier alpha value is -3.15. The second kappa shape index (κ2) is 9.36. The topological polar surface area (TPSA) is 66.0 Å². The van der Waals surface area contributed by atoms with Crippen molar-refractivity contribution in [3.63, 3.8) is 0 Å². The van der Waals surface area contributed by atoms with Crippen molar-refractivity contribution in [2.75, 3.05) is 33.3 Å². The van der Waals surface area contributed by atoms with Gasteiger partial charge in [-0.25, -0.2) is 0 Å². The first kappa shape index (κ1) is 19.2. The lowest BCUT2D eigenvalue weighted by Crippen LogP contribution is -2.20. The van der Waals surface area contributed by atoms with Crippen molar-refractivity contribution < 1.29 is 23.7 Å². The first-order chi connectivity index (χ1) is 12.6. The number of ether oxygens (including phenoxy) is 4. The van der Waals surface area contributed by atoms with E-state index in [1.165, 1.54) is 7.11 Å². The van der Waals surface area contributed by atoms with Crippen LogP contribution in [-0.2, 0) is 4.79 Å². The van der Waals surface area contributed by atoms with E-state index in [2.05, 4.69) is 5.32 Å². The zero-order valence-corrected chi connectivity index (χ0v) is 15.4. The summed E-state index contributed by atoms with van der Waals surface area (Å²) in [6.07, 6.45) is 3.89. The minimum atomic E-state index is -0.312. The van der Waals surface area contributed by atoms with Gasteiger partial charge in [-0.05, 0) is 36.8 Å². The normalized spacial score (nSPS) is 10.5. The zero-order chi connectivity index (χ0) is 18.9. The molecular formula is C20H23NO5. The minimum absolute atomic E-state index is 0.158. The van der Waals surface area contributed by atoms with Crippen LogP contribution in [0.25, 0.3) is 6.08 Å². The van der Waals surface area contributed by atoms with Crippen LogP contribution in [0.1, 0.15) is 12.5 Å². The van der Waals surface area contributed by atoms with E-state index in [4.69, 9.17) is 18.9 Å². The molecule has 2 aromatic rings. The number of carbonyl (C=O) groups excluding carboxylic acids is 1. The van der Waals surface area contributed by atoms with Gasteiger partial charge < -0.3 is 24.3 Å². The molecule has 2 rings (SSSR count). The third kappa shape index (κ3) is 4.92. The molecule has 6 heteroatoms. The molecule has 0 saturated carbocycles. The van der Waals surface area contributed by atoms with E-state index in [1.807, 2.05) is 31.2 Å². The molecule has 0 aliphatic heterocycles. The number of hydrogen-bond donors (Lipinski definition) is 1. The quantitative estimate of drug-likeness (QED) is 0.779. The van der Waals surface area contributed by atoms with Crippen LogP contribution in [0.5, 0.6) is 23.0 Å². The van der Waals surface area contributed by atoms with E-state index in [0.29, 0.717) is 28.7 Å². The Labute approximate surface area is 153 Å². The summed E-state index contributed by atoms with van der Waals surface area (Å²) in [5.41, 5.74) is 1.53. The van der Waals surface area contributed by atoms with Crippen LogP contribution < -0.4 is 24.3 Å². The van der Waals surface area contributed by atoms with E-state index in [-0.39, 0.29) is 12.5 Å². The summed E-state index contributed by atoms with van der Waals surface area (Å²) in [5.74, 6) is 1.90. The number of hydrogen-bond acceptors (Lipinski definition) is 5. The molecule has 138 valence electrons. The van der Waals surface area contributed by atoms with Gasteiger partial charge >= 0.3 is 0 Å². The van der Waals surface area contributed by atoms with Gasteiger partial charge in [0.25, 0.3) is 5.91 Å². The molecule has 0 aliphatic carbocycles. The summed E-state index contributed by atoms with van der Waals surface area (Å²) in [4.78, 5) is 12.2. The summed E-state index contributed by atoms with van der Waals surface area (Å²) >= 11 is 0. The fourth-order valence-electron chi connectivity index (χ4n) is 2.33. The standard InChI is InChI=1S/C20H23NO5/c1-5-6-14-7-10-17(19(11-14)25-4)26-13-20(22)21-16-9-8-15(23-2)12-18(16)24-3/h5-12H,13H2,1-4H3,(H,21,22)/b6-5+. The van der Waals surface area contributed by atoms with Gasteiger partial charge in [-0.1, -0.05) is 18.2 Å². The van der Waals surface area contributed by atoms with Crippen LogP contribution in [0.15, 0.2) is 42.5 Å².